The van der Waals surface area contributed by atoms with Crippen molar-refractivity contribution in [2.45, 2.75) is 77.4 Å². The van der Waals surface area contributed by atoms with E-state index >= 15 is 0 Å². The maximum Gasteiger partial charge on any atom is 0.494 e. The zero-order valence-electron chi connectivity index (χ0n) is 63.6. The van der Waals surface area contributed by atoms with Crippen molar-refractivity contribution < 1.29 is 9.31 Å². The normalized spacial score (nSPS) is 14.5. The fourth-order valence-electron chi connectivity index (χ4n) is 16.9. The number of fused-ring (bicyclic) bond motifs is 18. The fraction of sp³-hybridized carbons (Fsp3) is 0.118. The van der Waals surface area contributed by atoms with Gasteiger partial charge in [-0.15, -0.1) is 0 Å². The van der Waals surface area contributed by atoms with Crippen LogP contribution >= 0.6 is 15.9 Å². The first-order chi connectivity index (χ1) is 54.4. The third-order valence-electron chi connectivity index (χ3n) is 23.6. The Balaban J connectivity index is 0.000000121. The summed E-state index contributed by atoms with van der Waals surface area (Å²) in [4.78, 5) is 28.8. The molecule has 16 aromatic carbocycles. The van der Waals surface area contributed by atoms with Crippen molar-refractivity contribution in [3.63, 3.8) is 0 Å². The third kappa shape index (κ3) is 12.2. The van der Waals surface area contributed by atoms with Crippen molar-refractivity contribution in [3.05, 3.63) is 354 Å². The summed E-state index contributed by atoms with van der Waals surface area (Å²) in [6.07, 6.45) is 0. The van der Waals surface area contributed by atoms with E-state index < -0.39 is 0 Å². The van der Waals surface area contributed by atoms with Crippen LogP contribution in [0.25, 0.3) is 166 Å². The van der Waals surface area contributed by atoms with Crippen LogP contribution in [0, 0.1) is 0 Å². The molecule has 0 saturated carbocycles. The molecule has 2 aromatic heterocycles. The highest BCUT2D eigenvalue weighted by Crippen LogP contribution is 2.54. The third-order valence-corrected chi connectivity index (χ3v) is 24.1. The number of nitrogens with zero attached hydrogens (tertiary/aromatic N) is 6. The van der Waals surface area contributed by atoms with Gasteiger partial charge in [0.25, 0.3) is 0 Å². The van der Waals surface area contributed by atoms with Gasteiger partial charge >= 0.3 is 7.12 Å². The van der Waals surface area contributed by atoms with Crippen LogP contribution in [0.4, 0.5) is 0 Å². The van der Waals surface area contributed by atoms with Gasteiger partial charge in [-0.2, -0.15) is 0 Å². The Morgan fingerprint density at radius 2 is 0.500 bits per heavy atom. The van der Waals surface area contributed by atoms with E-state index in [-0.39, 0.29) is 29.2 Å². The van der Waals surface area contributed by atoms with Gasteiger partial charge in [0.15, 0.2) is 34.9 Å². The molecule has 0 atom stereocenters. The number of halogens is 1. The molecule has 8 nitrogen and oxygen atoms in total. The van der Waals surface area contributed by atoms with Gasteiger partial charge in [0.1, 0.15) is 0 Å². The molecule has 0 bridgehead atoms. The van der Waals surface area contributed by atoms with Crippen LogP contribution in [0.1, 0.15) is 77.6 Å². The summed E-state index contributed by atoms with van der Waals surface area (Å²) in [6.45, 7) is 17.8. The lowest BCUT2D eigenvalue weighted by atomic mass is 9.77. The predicted octanol–water partition coefficient (Wildman–Crippen LogP) is 25.7. The van der Waals surface area contributed by atoms with Gasteiger partial charge in [-0.05, 0) is 196 Å². The minimum Gasteiger partial charge on any atom is -0.399 e. The van der Waals surface area contributed by atoms with Crippen molar-refractivity contribution in [2.24, 2.45) is 0 Å². The van der Waals surface area contributed by atoms with Gasteiger partial charge in [0, 0.05) is 48.7 Å². The SMILES string of the molecule is Brc1ccc(-c2nc(-c3ccccc3)nc(-c3ccccc3)n2)cc1.CC1(C)c2ccccc2-c2cc3c4ccccc4c4cc(-c5ccc(-c6nc(-c7ccccc7)nc(-c7ccccc7)n6)cc5)ccc4c3cc21.CC1(C)c2ccccc2-c2cc3c4ccccc4c4cc(B5OC(C)(C)C(C)(C)O5)ccc4c3cc21. The molecule has 18 aromatic rings. The number of hydrogen-bond donors (Lipinski definition) is 0. The van der Waals surface area contributed by atoms with Crippen molar-refractivity contribution in [1.29, 1.82) is 0 Å². The van der Waals surface area contributed by atoms with Crippen LogP contribution < -0.4 is 5.46 Å². The molecular formula is C102H78BBrN6O2. The van der Waals surface area contributed by atoms with Crippen molar-refractivity contribution in [3.8, 4) is 102 Å². The molecule has 538 valence electrons. The van der Waals surface area contributed by atoms with E-state index in [0.717, 1.165) is 48.9 Å². The van der Waals surface area contributed by atoms with Crippen LogP contribution in [0.15, 0.2) is 332 Å². The summed E-state index contributed by atoms with van der Waals surface area (Å²) in [5.41, 5.74) is 19.4. The number of benzene rings is 16. The highest BCUT2D eigenvalue weighted by Gasteiger charge is 2.52. The topological polar surface area (TPSA) is 95.8 Å². The summed E-state index contributed by atoms with van der Waals surface area (Å²) in [5, 5.41) is 15.4. The largest absolute Gasteiger partial charge is 0.494 e. The van der Waals surface area contributed by atoms with E-state index in [4.69, 9.17) is 34.2 Å². The van der Waals surface area contributed by atoms with E-state index in [1.54, 1.807) is 0 Å². The molecule has 3 aliphatic rings. The van der Waals surface area contributed by atoms with Crippen LogP contribution in [0.5, 0.6) is 0 Å². The summed E-state index contributed by atoms with van der Waals surface area (Å²) in [7, 11) is -0.373. The Labute approximate surface area is 661 Å². The number of rotatable bonds is 8. The Hall–Kier alpha value is -12.4. The second-order valence-corrected chi connectivity index (χ2v) is 32.5. The van der Waals surface area contributed by atoms with Crippen molar-refractivity contribution in [2.75, 3.05) is 0 Å². The van der Waals surface area contributed by atoms with Crippen LogP contribution in [0.3, 0.4) is 0 Å². The summed E-state index contributed by atoms with van der Waals surface area (Å²) in [5.74, 6) is 3.99. The first kappa shape index (κ1) is 70.0. The molecule has 112 heavy (non-hydrogen) atoms. The highest BCUT2D eigenvalue weighted by molar-refractivity contribution is 9.10. The average molecular weight is 1510 g/mol. The Morgan fingerprint density at radius 3 is 0.884 bits per heavy atom. The maximum absolute atomic E-state index is 6.40. The summed E-state index contributed by atoms with van der Waals surface area (Å²) >= 11 is 3.47. The predicted molar refractivity (Wildman–Crippen MR) is 468 cm³/mol. The molecule has 0 amide bonds. The molecule has 1 saturated heterocycles. The number of aromatic nitrogens is 6. The van der Waals surface area contributed by atoms with Crippen molar-refractivity contribution in [1.82, 2.24) is 29.9 Å². The van der Waals surface area contributed by atoms with E-state index in [2.05, 4.69) is 258 Å². The lowest BCUT2D eigenvalue weighted by Gasteiger charge is -2.32. The molecule has 21 rings (SSSR count). The van der Waals surface area contributed by atoms with E-state index in [9.17, 15) is 0 Å². The molecule has 10 heteroatoms. The van der Waals surface area contributed by atoms with Gasteiger partial charge in [-0.1, -0.05) is 329 Å². The monoisotopic (exact) mass is 1510 g/mol. The summed E-state index contributed by atoms with van der Waals surface area (Å²) in [6, 6.07) is 116. The van der Waals surface area contributed by atoms with Crippen LogP contribution in [-0.2, 0) is 20.1 Å². The first-order valence-corrected chi connectivity index (χ1v) is 39.2. The molecular weight excluding hydrogens is 1430 g/mol. The molecule has 2 aliphatic carbocycles. The smallest absolute Gasteiger partial charge is 0.399 e. The molecule has 3 heterocycles. The zero-order valence-corrected chi connectivity index (χ0v) is 65.2. The molecule has 0 unspecified atom stereocenters. The van der Waals surface area contributed by atoms with E-state index in [0.29, 0.717) is 34.9 Å². The Bertz CT molecular complexity index is 6620. The van der Waals surface area contributed by atoms with E-state index in [1.165, 1.54) is 115 Å². The maximum atomic E-state index is 6.40. The minimum absolute atomic E-state index is 0.0271. The Kier molecular flexibility index (Phi) is 17.2. The standard InChI is InChI=1S/C48H33N3.C33H31BO2.C21H14BrN3/c1-48(2)43-20-12-11-19-38(43)42-28-40-36-18-10-9-17-35(36)39-27-34(25-26-37(39)41(40)29-44(42)48)30-21-23-33(24-22-30)47-50-45(31-13-5-3-6-14-31)49-46(51-47)32-15-7-4-8-16-32;1-31(2)29-14-10-9-13-24(29)28-18-26-22-12-8-7-11-21(22)25-17-20(15-16-23(25)27(26)19-30(28)31)34-35-32(3,4)33(5,6)36-34;22-18-13-11-17(12-14-18)21-24-19(15-7-3-1-4-8-15)23-20(25-21)16-9-5-2-6-10-16/h3-29H,1-2H3;7-19H,1-6H3;1-14H. The van der Waals surface area contributed by atoms with Crippen molar-refractivity contribution >= 4 is 93.1 Å². The molecule has 0 spiro atoms. The first-order valence-electron chi connectivity index (χ1n) is 38.4. The summed E-state index contributed by atoms with van der Waals surface area (Å²) < 4.78 is 13.8. The average Bonchev–Trinajstić information content (AvgIpc) is 1.16. The van der Waals surface area contributed by atoms with Crippen LogP contribution in [-0.4, -0.2) is 48.2 Å². The van der Waals surface area contributed by atoms with E-state index in [1.807, 2.05) is 146 Å². The quantitative estimate of drug-likeness (QED) is 0.110. The van der Waals surface area contributed by atoms with Gasteiger partial charge in [0.05, 0.1) is 11.2 Å². The lowest BCUT2D eigenvalue weighted by molar-refractivity contribution is 0.00578. The molecule has 1 fully saturated rings. The van der Waals surface area contributed by atoms with Gasteiger partial charge in [-0.3, -0.25) is 0 Å². The second-order valence-electron chi connectivity index (χ2n) is 31.6. The van der Waals surface area contributed by atoms with Crippen LogP contribution in [0.2, 0.25) is 0 Å². The van der Waals surface area contributed by atoms with Gasteiger partial charge in [-0.25, -0.2) is 29.9 Å². The molecule has 0 N–H and O–H groups in total. The van der Waals surface area contributed by atoms with Gasteiger partial charge < -0.3 is 9.31 Å². The molecule has 0 radical (unpaired) electrons. The Morgan fingerprint density at radius 1 is 0.223 bits per heavy atom. The zero-order chi connectivity index (χ0) is 76.2. The number of hydrogen-bond acceptors (Lipinski definition) is 8. The molecule has 1 aliphatic heterocycles. The second kappa shape index (κ2) is 27.5. The lowest BCUT2D eigenvalue weighted by Crippen LogP contribution is -2.41. The fourth-order valence-corrected chi connectivity index (χ4v) is 17.2. The van der Waals surface area contributed by atoms with Gasteiger partial charge in [0.2, 0.25) is 0 Å². The highest BCUT2D eigenvalue weighted by atomic mass is 79.9. The minimum atomic E-state index is -0.373.